The van der Waals surface area contributed by atoms with Crippen molar-refractivity contribution in [3.8, 4) is 6.07 Å². The molecule has 0 saturated carbocycles. The maximum Gasteiger partial charge on any atom is 0.123 e. The van der Waals surface area contributed by atoms with Gasteiger partial charge < -0.3 is 0 Å². The monoisotopic (exact) mass is 296 g/mol. The van der Waals surface area contributed by atoms with Crippen LogP contribution in [-0.2, 0) is 11.0 Å². The molecule has 3 nitrogen and oxygen atoms in total. The summed E-state index contributed by atoms with van der Waals surface area (Å²) in [5.41, 5.74) is 0.0161. The molecule has 0 heterocycles. The number of rotatable bonds is 4. The summed E-state index contributed by atoms with van der Waals surface area (Å²) in [7, 11) is -1.28. The second kappa shape index (κ2) is 6.02. The van der Waals surface area contributed by atoms with Crippen LogP contribution in [0, 0.1) is 17.1 Å². The molecule has 1 aromatic carbocycles. The Bertz CT molecular complexity index is 526. The molecule has 0 amide bonds. The van der Waals surface area contributed by atoms with Crippen molar-refractivity contribution in [2.24, 2.45) is 0 Å². The molecule has 0 fully saturated rings. The third-order valence-electron chi connectivity index (χ3n) is 2.97. The average molecular weight is 296 g/mol. The summed E-state index contributed by atoms with van der Waals surface area (Å²) in [4.78, 5) is 0. The second-order valence-corrected chi connectivity index (χ2v) is 8.28. The van der Waals surface area contributed by atoms with Crippen LogP contribution in [0.1, 0.15) is 46.1 Å². The molecule has 1 N–H and O–H groups in total. The largest absolute Gasteiger partial charge is 0.242 e. The van der Waals surface area contributed by atoms with E-state index in [9.17, 15) is 13.9 Å². The second-order valence-electron chi connectivity index (χ2n) is 6.32. The fourth-order valence-electron chi connectivity index (χ4n) is 1.76. The van der Waals surface area contributed by atoms with Crippen molar-refractivity contribution in [1.82, 2.24) is 4.72 Å². The Kier molecular flexibility index (Phi) is 5.06. The van der Waals surface area contributed by atoms with Crippen LogP contribution in [0.3, 0.4) is 0 Å². The van der Waals surface area contributed by atoms with Gasteiger partial charge in [-0.15, -0.1) is 0 Å². The SMILES string of the molecule is CC(C)(NS(=O)C(C)(C)C)C(C#N)c1ccc(F)cc1. The van der Waals surface area contributed by atoms with Crippen molar-refractivity contribution in [2.45, 2.75) is 50.8 Å². The molecule has 110 valence electrons. The number of benzene rings is 1. The summed E-state index contributed by atoms with van der Waals surface area (Å²) in [6, 6.07) is 8.06. The number of hydrogen-bond acceptors (Lipinski definition) is 2. The number of nitrogens with one attached hydrogen (secondary N) is 1. The van der Waals surface area contributed by atoms with Crippen molar-refractivity contribution in [3.05, 3.63) is 35.6 Å². The average Bonchev–Trinajstić information content (AvgIpc) is 2.30. The predicted octanol–water partition coefficient (Wildman–Crippen LogP) is 3.26. The van der Waals surface area contributed by atoms with Gasteiger partial charge >= 0.3 is 0 Å². The van der Waals surface area contributed by atoms with Gasteiger partial charge in [-0.2, -0.15) is 5.26 Å². The molecular weight excluding hydrogens is 275 g/mol. The van der Waals surface area contributed by atoms with Gasteiger partial charge in [-0.1, -0.05) is 12.1 Å². The lowest BCUT2D eigenvalue weighted by atomic mass is 9.84. The Balaban J connectivity index is 3.02. The van der Waals surface area contributed by atoms with E-state index in [-0.39, 0.29) is 5.82 Å². The fourth-order valence-corrected chi connectivity index (χ4v) is 2.66. The zero-order valence-electron chi connectivity index (χ0n) is 12.5. The van der Waals surface area contributed by atoms with E-state index in [4.69, 9.17) is 0 Å². The normalized spacial score (nSPS) is 15.4. The van der Waals surface area contributed by atoms with Crippen molar-refractivity contribution >= 4 is 11.0 Å². The zero-order chi connectivity index (χ0) is 15.6. The first-order chi connectivity index (χ1) is 9.08. The predicted molar refractivity (Wildman–Crippen MR) is 79.9 cm³/mol. The van der Waals surface area contributed by atoms with Gasteiger partial charge in [0.15, 0.2) is 0 Å². The molecule has 2 atom stereocenters. The Hall–Kier alpha value is -1.25. The van der Waals surface area contributed by atoms with Crippen LogP contribution >= 0.6 is 0 Å². The van der Waals surface area contributed by atoms with Gasteiger partial charge in [0.1, 0.15) is 5.82 Å². The third kappa shape index (κ3) is 4.12. The lowest BCUT2D eigenvalue weighted by Crippen LogP contribution is -2.49. The highest BCUT2D eigenvalue weighted by Crippen LogP contribution is 2.29. The topological polar surface area (TPSA) is 52.9 Å². The Morgan fingerprint density at radius 3 is 2.10 bits per heavy atom. The summed E-state index contributed by atoms with van der Waals surface area (Å²) < 4.78 is 27.8. The fraction of sp³-hybridized carbons (Fsp3) is 0.533. The lowest BCUT2D eigenvalue weighted by molar-refractivity contribution is 0.426. The highest BCUT2D eigenvalue weighted by molar-refractivity contribution is 7.84. The van der Waals surface area contributed by atoms with Crippen LogP contribution in [0.25, 0.3) is 0 Å². The minimum absolute atomic E-state index is 0.338. The van der Waals surface area contributed by atoms with Crippen LogP contribution in [0.4, 0.5) is 4.39 Å². The number of nitriles is 1. The summed E-state index contributed by atoms with van der Waals surface area (Å²) in [6.45, 7) is 9.25. The number of hydrogen-bond donors (Lipinski definition) is 1. The van der Waals surface area contributed by atoms with Crippen LogP contribution in [0.5, 0.6) is 0 Å². The van der Waals surface area contributed by atoms with E-state index in [1.165, 1.54) is 12.1 Å². The van der Waals surface area contributed by atoms with E-state index >= 15 is 0 Å². The van der Waals surface area contributed by atoms with Gasteiger partial charge in [-0.25, -0.2) is 13.3 Å². The minimum Gasteiger partial charge on any atom is -0.242 e. The zero-order valence-corrected chi connectivity index (χ0v) is 13.3. The van der Waals surface area contributed by atoms with E-state index in [2.05, 4.69) is 10.8 Å². The van der Waals surface area contributed by atoms with Crippen LogP contribution in [-0.4, -0.2) is 14.5 Å². The van der Waals surface area contributed by atoms with Crippen molar-refractivity contribution in [3.63, 3.8) is 0 Å². The van der Waals surface area contributed by atoms with E-state index in [1.807, 2.05) is 34.6 Å². The van der Waals surface area contributed by atoms with Gasteiger partial charge in [0.2, 0.25) is 0 Å². The molecule has 0 radical (unpaired) electrons. The van der Waals surface area contributed by atoms with Gasteiger partial charge in [-0.05, 0) is 52.3 Å². The molecular formula is C15H21FN2OS. The van der Waals surface area contributed by atoms with Crippen molar-refractivity contribution in [1.29, 1.82) is 5.26 Å². The number of nitrogens with zero attached hydrogens (tertiary/aromatic N) is 1. The molecule has 5 heteroatoms. The van der Waals surface area contributed by atoms with Crippen LogP contribution < -0.4 is 4.72 Å². The van der Waals surface area contributed by atoms with Crippen LogP contribution in [0.2, 0.25) is 0 Å². The Morgan fingerprint density at radius 2 is 1.70 bits per heavy atom. The van der Waals surface area contributed by atoms with Gasteiger partial charge in [-0.3, -0.25) is 0 Å². The van der Waals surface area contributed by atoms with E-state index in [0.717, 1.165) is 0 Å². The number of halogens is 1. The molecule has 0 aromatic heterocycles. The van der Waals surface area contributed by atoms with E-state index in [0.29, 0.717) is 5.56 Å². The molecule has 20 heavy (non-hydrogen) atoms. The molecule has 1 aromatic rings. The van der Waals surface area contributed by atoms with Crippen LogP contribution in [0.15, 0.2) is 24.3 Å². The summed E-state index contributed by atoms with van der Waals surface area (Å²) in [5.74, 6) is -0.858. The standard InChI is InChI=1S/C15H21FN2OS/c1-14(2,3)20(19)18-15(4,5)13(10-17)11-6-8-12(16)9-7-11/h6-9,13,18H,1-5H3. The lowest BCUT2D eigenvalue weighted by Gasteiger charge is -2.33. The molecule has 0 bridgehead atoms. The minimum atomic E-state index is -1.28. The molecule has 2 unspecified atom stereocenters. The van der Waals surface area contributed by atoms with E-state index < -0.39 is 27.2 Å². The van der Waals surface area contributed by atoms with Crippen molar-refractivity contribution < 1.29 is 8.60 Å². The highest BCUT2D eigenvalue weighted by atomic mass is 32.2. The highest BCUT2D eigenvalue weighted by Gasteiger charge is 2.35. The van der Waals surface area contributed by atoms with Gasteiger partial charge in [0.05, 0.1) is 27.7 Å². The van der Waals surface area contributed by atoms with Crippen molar-refractivity contribution in [2.75, 3.05) is 0 Å². The Labute approximate surface area is 122 Å². The smallest absolute Gasteiger partial charge is 0.123 e. The summed E-state index contributed by atoms with van der Waals surface area (Å²) in [6.07, 6.45) is 0. The molecule has 0 saturated heterocycles. The third-order valence-corrected chi connectivity index (χ3v) is 4.79. The molecule has 0 aliphatic rings. The van der Waals surface area contributed by atoms with E-state index in [1.54, 1.807) is 12.1 Å². The maximum atomic E-state index is 13.0. The quantitative estimate of drug-likeness (QED) is 0.927. The molecule has 0 aliphatic heterocycles. The van der Waals surface area contributed by atoms with Gasteiger partial charge in [0, 0.05) is 5.54 Å². The maximum absolute atomic E-state index is 13.0. The summed E-state index contributed by atoms with van der Waals surface area (Å²) >= 11 is 0. The Morgan fingerprint density at radius 1 is 1.20 bits per heavy atom. The molecule has 1 rings (SSSR count). The summed E-state index contributed by atoms with van der Waals surface area (Å²) in [5, 5.41) is 9.42. The first-order valence-corrected chi connectivity index (χ1v) is 7.57. The molecule has 0 spiro atoms. The first-order valence-electron chi connectivity index (χ1n) is 6.42. The molecule has 0 aliphatic carbocycles. The van der Waals surface area contributed by atoms with Gasteiger partial charge in [0.25, 0.3) is 0 Å². The first kappa shape index (κ1) is 16.8.